The summed E-state index contributed by atoms with van der Waals surface area (Å²) < 4.78 is 7.25. The van der Waals surface area contributed by atoms with E-state index < -0.39 is 6.04 Å². The summed E-state index contributed by atoms with van der Waals surface area (Å²) in [5, 5.41) is 5.82. The fourth-order valence-corrected chi connectivity index (χ4v) is 3.81. The SMILES string of the molecule is COc1cccc(CNC(=O)[C@@H](NC(=O)N2CCn3c2nc2ccccc23)C(C)C)c1. The number of hydrogen-bond donors (Lipinski definition) is 2. The molecule has 0 aliphatic carbocycles. The molecule has 0 unspecified atom stereocenters. The Bertz CT molecular complexity index is 1110. The van der Waals surface area contributed by atoms with E-state index in [2.05, 4.69) is 15.6 Å². The Morgan fingerprint density at radius 1 is 1.13 bits per heavy atom. The molecule has 0 saturated heterocycles. The van der Waals surface area contributed by atoms with E-state index >= 15 is 0 Å². The summed E-state index contributed by atoms with van der Waals surface area (Å²) in [5.74, 6) is 1.05. The average molecular weight is 422 g/mol. The summed E-state index contributed by atoms with van der Waals surface area (Å²) >= 11 is 0. The van der Waals surface area contributed by atoms with Gasteiger partial charge in [0.15, 0.2) is 0 Å². The summed E-state index contributed by atoms with van der Waals surface area (Å²) in [6, 6.07) is 14.4. The van der Waals surface area contributed by atoms with Gasteiger partial charge in [-0.05, 0) is 35.7 Å². The van der Waals surface area contributed by atoms with Crippen molar-refractivity contribution in [2.45, 2.75) is 33.0 Å². The van der Waals surface area contributed by atoms with Crippen LogP contribution < -0.4 is 20.3 Å². The number of amides is 3. The van der Waals surface area contributed by atoms with Crippen LogP contribution in [0.1, 0.15) is 19.4 Å². The van der Waals surface area contributed by atoms with Crippen LogP contribution in [0.2, 0.25) is 0 Å². The van der Waals surface area contributed by atoms with Crippen LogP contribution in [0.15, 0.2) is 48.5 Å². The summed E-state index contributed by atoms with van der Waals surface area (Å²) in [6.45, 7) is 5.38. The fourth-order valence-electron chi connectivity index (χ4n) is 3.81. The molecule has 2 aromatic carbocycles. The van der Waals surface area contributed by atoms with E-state index in [0.717, 1.165) is 22.3 Å². The van der Waals surface area contributed by atoms with Crippen LogP contribution >= 0.6 is 0 Å². The van der Waals surface area contributed by atoms with Crippen molar-refractivity contribution in [2.24, 2.45) is 5.92 Å². The fraction of sp³-hybridized carbons (Fsp3) is 0.348. The summed E-state index contributed by atoms with van der Waals surface area (Å²) in [7, 11) is 1.61. The first-order valence-corrected chi connectivity index (χ1v) is 10.4. The highest BCUT2D eigenvalue weighted by Crippen LogP contribution is 2.27. The minimum Gasteiger partial charge on any atom is -0.497 e. The first-order valence-electron chi connectivity index (χ1n) is 10.4. The molecule has 0 spiro atoms. The quantitative estimate of drug-likeness (QED) is 0.641. The molecular formula is C23H27N5O3. The van der Waals surface area contributed by atoms with Crippen molar-refractivity contribution >= 4 is 28.9 Å². The average Bonchev–Trinajstić information content (AvgIpc) is 3.35. The van der Waals surface area contributed by atoms with Gasteiger partial charge in [-0.3, -0.25) is 9.69 Å². The number of nitrogens with one attached hydrogen (secondary N) is 2. The van der Waals surface area contributed by atoms with E-state index in [9.17, 15) is 9.59 Å². The molecule has 8 nitrogen and oxygen atoms in total. The highest BCUT2D eigenvalue weighted by atomic mass is 16.5. The first-order chi connectivity index (χ1) is 15.0. The van der Waals surface area contributed by atoms with E-state index in [1.807, 2.05) is 66.9 Å². The zero-order valence-electron chi connectivity index (χ0n) is 18.0. The van der Waals surface area contributed by atoms with E-state index in [4.69, 9.17) is 4.74 Å². The van der Waals surface area contributed by atoms with Gasteiger partial charge in [0.25, 0.3) is 0 Å². The van der Waals surface area contributed by atoms with Gasteiger partial charge >= 0.3 is 6.03 Å². The molecule has 1 atom stereocenters. The van der Waals surface area contributed by atoms with Gasteiger partial charge in [0.05, 0.1) is 18.1 Å². The van der Waals surface area contributed by atoms with Crippen LogP contribution in [0.5, 0.6) is 5.75 Å². The maximum absolute atomic E-state index is 13.0. The van der Waals surface area contributed by atoms with Gasteiger partial charge < -0.3 is 19.9 Å². The standard InChI is InChI=1S/C23H27N5O3/c1-15(2)20(21(29)24-14-16-7-6-8-17(13-16)31-3)26-23(30)28-12-11-27-19-10-5-4-9-18(19)25-22(27)28/h4-10,13,15,20H,11-12,14H2,1-3H3,(H,24,29)(H,26,30)/t20-/m0/s1. The largest absolute Gasteiger partial charge is 0.497 e. The molecule has 2 N–H and O–H groups in total. The molecular weight excluding hydrogens is 394 g/mol. The molecule has 0 radical (unpaired) electrons. The molecule has 8 heteroatoms. The highest BCUT2D eigenvalue weighted by molar-refractivity contribution is 5.96. The number of methoxy groups -OCH3 is 1. The van der Waals surface area contributed by atoms with E-state index in [1.165, 1.54) is 0 Å². The normalized spacial score (nSPS) is 13.9. The molecule has 1 aliphatic heterocycles. The van der Waals surface area contributed by atoms with Crippen molar-refractivity contribution in [1.29, 1.82) is 0 Å². The number of benzene rings is 2. The number of carbonyl (C=O) groups is 2. The Labute approximate surface area is 181 Å². The van der Waals surface area contributed by atoms with Gasteiger partial charge in [-0.15, -0.1) is 0 Å². The third-order valence-corrected chi connectivity index (χ3v) is 5.50. The lowest BCUT2D eigenvalue weighted by Crippen LogP contribution is -2.53. The van der Waals surface area contributed by atoms with Crippen molar-refractivity contribution in [3.05, 3.63) is 54.1 Å². The van der Waals surface area contributed by atoms with Gasteiger partial charge in [-0.25, -0.2) is 9.78 Å². The molecule has 1 aliphatic rings. The van der Waals surface area contributed by atoms with E-state index in [0.29, 0.717) is 25.6 Å². The Hall–Kier alpha value is -3.55. The Balaban J connectivity index is 1.43. The summed E-state index contributed by atoms with van der Waals surface area (Å²) in [6.07, 6.45) is 0. The van der Waals surface area contributed by atoms with E-state index in [-0.39, 0.29) is 17.9 Å². The second kappa shape index (κ2) is 8.67. The maximum Gasteiger partial charge on any atom is 0.324 e. The van der Waals surface area contributed by atoms with Crippen LogP contribution in [0, 0.1) is 5.92 Å². The molecule has 31 heavy (non-hydrogen) atoms. The van der Waals surface area contributed by atoms with Crippen LogP contribution in [-0.4, -0.2) is 41.2 Å². The lowest BCUT2D eigenvalue weighted by Gasteiger charge is -2.24. The molecule has 0 saturated carbocycles. The Morgan fingerprint density at radius 2 is 1.94 bits per heavy atom. The van der Waals surface area contributed by atoms with Crippen LogP contribution in [-0.2, 0) is 17.9 Å². The first kappa shape index (κ1) is 20.7. The monoisotopic (exact) mass is 421 g/mol. The van der Waals surface area contributed by atoms with E-state index in [1.54, 1.807) is 12.0 Å². The van der Waals surface area contributed by atoms with Crippen molar-refractivity contribution < 1.29 is 14.3 Å². The third-order valence-electron chi connectivity index (χ3n) is 5.50. The third kappa shape index (κ3) is 4.19. The smallest absolute Gasteiger partial charge is 0.324 e. The zero-order chi connectivity index (χ0) is 22.0. The zero-order valence-corrected chi connectivity index (χ0v) is 18.0. The second-order valence-electron chi connectivity index (χ2n) is 7.94. The number of nitrogens with zero attached hydrogens (tertiary/aromatic N) is 3. The number of carbonyl (C=O) groups excluding carboxylic acids is 2. The summed E-state index contributed by atoms with van der Waals surface area (Å²) in [4.78, 5) is 32.1. The molecule has 3 aromatic rings. The van der Waals surface area contributed by atoms with Gasteiger partial charge in [0, 0.05) is 19.6 Å². The van der Waals surface area contributed by atoms with Crippen LogP contribution in [0.3, 0.4) is 0 Å². The minimum atomic E-state index is -0.656. The number of para-hydroxylation sites is 2. The molecule has 4 rings (SSSR count). The molecule has 162 valence electrons. The van der Waals surface area contributed by atoms with Crippen molar-refractivity contribution in [2.75, 3.05) is 18.6 Å². The predicted octanol–water partition coefficient (Wildman–Crippen LogP) is 2.92. The number of ether oxygens (including phenoxy) is 1. The van der Waals surface area contributed by atoms with Gasteiger partial charge in [-0.2, -0.15) is 0 Å². The van der Waals surface area contributed by atoms with Crippen LogP contribution in [0.25, 0.3) is 11.0 Å². The summed E-state index contributed by atoms with van der Waals surface area (Å²) in [5.41, 5.74) is 2.78. The number of urea groups is 1. The number of imidazole rings is 1. The van der Waals surface area contributed by atoms with Crippen molar-refractivity contribution in [3.8, 4) is 5.75 Å². The molecule has 2 heterocycles. The predicted molar refractivity (Wildman–Crippen MR) is 119 cm³/mol. The topological polar surface area (TPSA) is 88.5 Å². The van der Waals surface area contributed by atoms with Crippen molar-refractivity contribution in [3.63, 3.8) is 0 Å². The molecule has 3 amide bonds. The highest BCUT2D eigenvalue weighted by Gasteiger charge is 2.32. The Morgan fingerprint density at radius 3 is 2.71 bits per heavy atom. The van der Waals surface area contributed by atoms with Crippen molar-refractivity contribution in [1.82, 2.24) is 20.2 Å². The molecule has 1 aromatic heterocycles. The van der Waals surface area contributed by atoms with Gasteiger partial charge in [0.1, 0.15) is 11.8 Å². The lowest BCUT2D eigenvalue weighted by atomic mass is 10.0. The Kier molecular flexibility index (Phi) is 5.79. The number of rotatable bonds is 6. The number of hydrogen-bond acceptors (Lipinski definition) is 4. The minimum absolute atomic E-state index is 0.0734. The second-order valence-corrected chi connectivity index (χ2v) is 7.94. The van der Waals surface area contributed by atoms with Gasteiger partial charge in [-0.1, -0.05) is 38.1 Å². The van der Waals surface area contributed by atoms with Gasteiger partial charge in [0.2, 0.25) is 11.9 Å². The molecule has 0 bridgehead atoms. The number of fused-ring (bicyclic) bond motifs is 3. The van der Waals surface area contributed by atoms with Crippen LogP contribution in [0.4, 0.5) is 10.7 Å². The molecule has 0 fully saturated rings. The number of aromatic nitrogens is 2. The number of anilines is 1. The maximum atomic E-state index is 13.0. The lowest BCUT2D eigenvalue weighted by molar-refractivity contribution is -0.124.